The van der Waals surface area contributed by atoms with Gasteiger partial charge in [-0.05, 0) is 23.4 Å². The fourth-order valence-corrected chi connectivity index (χ4v) is 2.54. The monoisotopic (exact) mass is 252 g/mol. The summed E-state index contributed by atoms with van der Waals surface area (Å²) in [6, 6.07) is 13.5. The van der Waals surface area contributed by atoms with Gasteiger partial charge in [0.05, 0.1) is 0 Å². The van der Waals surface area contributed by atoms with E-state index in [-0.39, 0.29) is 0 Å². The Hall–Kier alpha value is -1.19. The predicted octanol–water partition coefficient (Wildman–Crippen LogP) is 3.16. The molecule has 2 aromatic rings. The molecule has 2 rings (SSSR count). The molecular formula is C12H11ClNOS+. The Bertz CT molecular complexity index is 455. The molecular weight excluding hydrogens is 242 g/mol. The third kappa shape index (κ3) is 2.68. The van der Waals surface area contributed by atoms with Crippen LogP contribution in [0.4, 0.5) is 0 Å². The van der Waals surface area contributed by atoms with Gasteiger partial charge in [-0.2, -0.15) is 0 Å². The predicted molar refractivity (Wildman–Crippen MR) is 64.8 cm³/mol. The Morgan fingerprint density at radius 1 is 1.12 bits per heavy atom. The second-order valence-electron chi connectivity index (χ2n) is 3.28. The van der Waals surface area contributed by atoms with Crippen LogP contribution in [0.1, 0.15) is 5.56 Å². The summed E-state index contributed by atoms with van der Waals surface area (Å²) in [6.45, 7) is 0. The summed E-state index contributed by atoms with van der Waals surface area (Å²) in [7, 11) is 0. The number of aromatic nitrogens is 1. The van der Waals surface area contributed by atoms with Crippen LogP contribution in [0.3, 0.4) is 0 Å². The van der Waals surface area contributed by atoms with Gasteiger partial charge in [0.1, 0.15) is 5.02 Å². The van der Waals surface area contributed by atoms with Gasteiger partial charge in [0.2, 0.25) is 6.20 Å². The highest BCUT2D eigenvalue weighted by Crippen LogP contribution is 2.25. The Morgan fingerprint density at radius 3 is 2.56 bits per heavy atom. The topological polar surface area (TPSA) is 24.1 Å². The third-order valence-electron chi connectivity index (χ3n) is 2.10. The summed E-state index contributed by atoms with van der Waals surface area (Å²) in [4.78, 5) is 0. The van der Waals surface area contributed by atoms with Gasteiger partial charge in [-0.15, -0.1) is 0 Å². The maximum atomic E-state index is 9.58. The smallest absolute Gasteiger partial charge is 0.284 e. The van der Waals surface area contributed by atoms with Crippen LogP contribution in [0.5, 0.6) is 0 Å². The van der Waals surface area contributed by atoms with Crippen molar-refractivity contribution in [3.8, 4) is 0 Å². The normalized spacial score (nSPS) is 10.3. The molecule has 0 bridgehead atoms. The Balaban J connectivity index is 2.11. The molecule has 1 N–H and O–H groups in total. The lowest BCUT2D eigenvalue weighted by atomic mass is 10.2. The van der Waals surface area contributed by atoms with E-state index in [0.29, 0.717) is 10.0 Å². The van der Waals surface area contributed by atoms with Crippen LogP contribution in [0.2, 0.25) is 5.02 Å². The highest BCUT2D eigenvalue weighted by molar-refractivity contribution is 7.98. The molecule has 1 heterocycles. The molecule has 0 aliphatic carbocycles. The van der Waals surface area contributed by atoms with Gasteiger partial charge in [-0.25, -0.2) is 0 Å². The highest BCUT2D eigenvalue weighted by Gasteiger charge is 2.15. The molecule has 1 aromatic carbocycles. The number of thioether (sulfide) groups is 1. The zero-order valence-corrected chi connectivity index (χ0v) is 10.1. The first-order valence-electron chi connectivity index (χ1n) is 4.83. The first kappa shape index (κ1) is 11.3. The average Bonchev–Trinajstić information content (AvgIpc) is 2.30. The highest BCUT2D eigenvalue weighted by atomic mass is 35.5. The number of nitrogens with zero attached hydrogens (tertiary/aromatic N) is 1. The van der Waals surface area contributed by atoms with Gasteiger partial charge in [0.15, 0.2) is 0 Å². The van der Waals surface area contributed by atoms with E-state index in [1.54, 1.807) is 18.3 Å². The van der Waals surface area contributed by atoms with Gasteiger partial charge in [-0.3, -0.25) is 5.21 Å². The fourth-order valence-electron chi connectivity index (χ4n) is 1.32. The number of pyridine rings is 1. The van der Waals surface area contributed by atoms with Crippen molar-refractivity contribution in [2.24, 2.45) is 0 Å². The second-order valence-corrected chi connectivity index (χ2v) is 4.65. The number of halogens is 1. The molecule has 0 aliphatic rings. The molecule has 0 spiro atoms. The quantitative estimate of drug-likeness (QED) is 0.516. The Labute approximate surface area is 103 Å². The number of hydrogen-bond acceptors (Lipinski definition) is 2. The van der Waals surface area contributed by atoms with Crippen LogP contribution >= 0.6 is 23.4 Å². The number of benzene rings is 1. The van der Waals surface area contributed by atoms with Crippen molar-refractivity contribution < 1.29 is 9.94 Å². The van der Waals surface area contributed by atoms with E-state index in [0.717, 1.165) is 10.5 Å². The third-order valence-corrected chi connectivity index (χ3v) is 3.68. The summed E-state index contributed by atoms with van der Waals surface area (Å²) in [5.41, 5.74) is 1.20. The summed E-state index contributed by atoms with van der Waals surface area (Å²) < 4.78 is 1.05. The minimum absolute atomic E-state index is 0.561. The summed E-state index contributed by atoms with van der Waals surface area (Å²) in [6.07, 6.45) is 1.57. The van der Waals surface area contributed by atoms with E-state index in [4.69, 9.17) is 11.6 Å². The van der Waals surface area contributed by atoms with E-state index in [9.17, 15) is 5.21 Å². The molecule has 1 aromatic heterocycles. The minimum atomic E-state index is 0.561. The van der Waals surface area contributed by atoms with Gasteiger partial charge < -0.3 is 0 Å². The van der Waals surface area contributed by atoms with Crippen LogP contribution in [0.25, 0.3) is 0 Å². The van der Waals surface area contributed by atoms with E-state index in [1.165, 1.54) is 17.3 Å². The molecule has 0 aliphatic heterocycles. The maximum absolute atomic E-state index is 9.58. The second kappa shape index (κ2) is 5.23. The molecule has 82 valence electrons. The summed E-state index contributed by atoms with van der Waals surface area (Å²) >= 11 is 7.50. The van der Waals surface area contributed by atoms with Crippen molar-refractivity contribution in [3.05, 3.63) is 59.2 Å². The van der Waals surface area contributed by atoms with Crippen LogP contribution in [0.15, 0.2) is 53.7 Å². The first-order chi connectivity index (χ1) is 7.77. The molecule has 0 unspecified atom stereocenters. The van der Waals surface area contributed by atoms with Crippen molar-refractivity contribution in [3.63, 3.8) is 0 Å². The standard InChI is InChI=1S/C12H11ClNOS/c13-11-7-4-8-14(15)12(11)16-9-10-5-2-1-3-6-10/h1-8,15H,9H2/q+1. The molecule has 4 heteroatoms. The van der Waals surface area contributed by atoms with Crippen LogP contribution < -0.4 is 4.73 Å². The van der Waals surface area contributed by atoms with Crippen LogP contribution in [-0.2, 0) is 5.75 Å². The van der Waals surface area contributed by atoms with Crippen molar-refractivity contribution in [2.75, 3.05) is 0 Å². The minimum Gasteiger partial charge on any atom is -0.284 e. The molecule has 0 radical (unpaired) electrons. The zero-order chi connectivity index (χ0) is 11.4. The van der Waals surface area contributed by atoms with E-state index >= 15 is 0 Å². The lowest BCUT2D eigenvalue weighted by Crippen LogP contribution is -2.32. The number of hydrogen-bond donors (Lipinski definition) is 1. The van der Waals surface area contributed by atoms with E-state index in [2.05, 4.69) is 0 Å². The zero-order valence-electron chi connectivity index (χ0n) is 8.51. The van der Waals surface area contributed by atoms with Gasteiger partial charge >= 0.3 is 5.03 Å². The lowest BCUT2D eigenvalue weighted by molar-refractivity contribution is -0.932. The Kier molecular flexibility index (Phi) is 3.70. The van der Waals surface area contributed by atoms with E-state index < -0.39 is 0 Å². The molecule has 0 fully saturated rings. The molecule has 0 saturated carbocycles. The molecule has 0 saturated heterocycles. The molecule has 0 amide bonds. The SMILES string of the molecule is O[n+]1cccc(Cl)c1SCc1ccccc1. The maximum Gasteiger partial charge on any atom is 0.309 e. The van der Waals surface area contributed by atoms with Crippen molar-refractivity contribution in [2.45, 2.75) is 10.8 Å². The summed E-state index contributed by atoms with van der Waals surface area (Å²) in [5.74, 6) is 0.783. The van der Waals surface area contributed by atoms with Crippen LogP contribution in [-0.4, -0.2) is 5.21 Å². The van der Waals surface area contributed by atoms with Gasteiger partial charge in [0, 0.05) is 16.5 Å². The van der Waals surface area contributed by atoms with Crippen molar-refractivity contribution in [1.82, 2.24) is 0 Å². The average molecular weight is 253 g/mol. The Morgan fingerprint density at radius 2 is 1.88 bits per heavy atom. The molecule has 16 heavy (non-hydrogen) atoms. The van der Waals surface area contributed by atoms with Crippen LogP contribution in [0, 0.1) is 0 Å². The molecule has 2 nitrogen and oxygen atoms in total. The first-order valence-corrected chi connectivity index (χ1v) is 6.20. The number of rotatable bonds is 3. The van der Waals surface area contributed by atoms with E-state index in [1.807, 2.05) is 30.3 Å². The van der Waals surface area contributed by atoms with Gasteiger partial charge in [0.25, 0.3) is 0 Å². The van der Waals surface area contributed by atoms with Crippen molar-refractivity contribution >= 4 is 23.4 Å². The largest absolute Gasteiger partial charge is 0.309 e. The van der Waals surface area contributed by atoms with Gasteiger partial charge in [-0.1, -0.05) is 41.9 Å². The summed E-state index contributed by atoms with van der Waals surface area (Å²) in [5, 5.41) is 10.8. The fraction of sp³-hybridized carbons (Fsp3) is 0.0833. The molecule has 0 atom stereocenters. The lowest BCUT2D eigenvalue weighted by Gasteiger charge is -1.99. The van der Waals surface area contributed by atoms with Crippen molar-refractivity contribution in [1.29, 1.82) is 0 Å².